The normalized spacial score (nSPS) is 28.3. The van der Waals surface area contributed by atoms with Gasteiger partial charge in [-0.3, -0.25) is 0 Å². The highest BCUT2D eigenvalue weighted by Gasteiger charge is 2.24. The van der Waals surface area contributed by atoms with Crippen molar-refractivity contribution in [2.45, 2.75) is 5.44 Å². The molecule has 5 nitrogen and oxygen atoms in total. The van der Waals surface area contributed by atoms with Crippen LogP contribution in [0.5, 0.6) is 0 Å². The van der Waals surface area contributed by atoms with Crippen LogP contribution in [0.25, 0.3) is 0 Å². The number of hydrogen-bond donors (Lipinski definition) is 1. The second kappa shape index (κ2) is 2.83. The van der Waals surface area contributed by atoms with Crippen molar-refractivity contribution in [3.05, 3.63) is 0 Å². The molecule has 1 aliphatic heterocycles. The summed E-state index contributed by atoms with van der Waals surface area (Å²) >= 11 is 0. The predicted molar refractivity (Wildman–Crippen MR) is 34.6 cm³/mol. The van der Waals surface area contributed by atoms with Crippen LogP contribution >= 0.6 is 0 Å². The molecule has 0 aliphatic carbocycles. The fourth-order valence-electron chi connectivity index (χ4n) is 0.741. The van der Waals surface area contributed by atoms with E-state index in [-0.39, 0.29) is 6.54 Å². The van der Waals surface area contributed by atoms with E-state index in [0.717, 1.165) is 0 Å². The lowest BCUT2D eigenvalue weighted by Gasteiger charge is -2.20. The van der Waals surface area contributed by atoms with Crippen LogP contribution in [0.3, 0.4) is 0 Å². The molecule has 1 radical (unpaired) electrons. The van der Waals surface area contributed by atoms with E-state index < -0.39 is 15.5 Å². The lowest BCUT2D eigenvalue weighted by atomic mass is 10.5. The van der Waals surface area contributed by atoms with Crippen molar-refractivity contribution in [3.63, 3.8) is 0 Å². The molecule has 0 saturated carbocycles. The first-order valence-electron chi connectivity index (χ1n) is 2.91. The highest BCUT2D eigenvalue weighted by atomic mass is 32.2. The summed E-state index contributed by atoms with van der Waals surface area (Å²) in [4.78, 5) is 0. The molecule has 1 fully saturated rings. The van der Waals surface area contributed by atoms with Crippen LogP contribution in [-0.2, 0) is 14.8 Å². The van der Waals surface area contributed by atoms with Crippen LogP contribution in [0.1, 0.15) is 0 Å². The van der Waals surface area contributed by atoms with Crippen molar-refractivity contribution >= 4 is 10.0 Å². The number of rotatable bonds is 1. The molecule has 10 heavy (non-hydrogen) atoms. The second-order valence-corrected chi connectivity index (χ2v) is 3.67. The maximum Gasteiger partial charge on any atom is 0.253 e. The number of sulfonamides is 1. The quantitative estimate of drug-likeness (QED) is 0.515. The van der Waals surface area contributed by atoms with Gasteiger partial charge in [-0.2, -0.15) is 0 Å². The molecule has 59 valence electrons. The van der Waals surface area contributed by atoms with Crippen molar-refractivity contribution < 1.29 is 13.2 Å². The fourth-order valence-corrected chi connectivity index (χ4v) is 1.35. The van der Waals surface area contributed by atoms with Crippen LogP contribution < -0.4 is 10.5 Å². The summed E-state index contributed by atoms with van der Waals surface area (Å²) in [5.41, 5.74) is -0.971. The van der Waals surface area contributed by atoms with Crippen LogP contribution in [0.4, 0.5) is 0 Å². The summed E-state index contributed by atoms with van der Waals surface area (Å²) in [6, 6.07) is 0. The van der Waals surface area contributed by atoms with Gasteiger partial charge in [0.15, 0.2) is 5.44 Å². The van der Waals surface area contributed by atoms with E-state index in [1.54, 1.807) is 0 Å². The minimum atomic E-state index is -3.76. The summed E-state index contributed by atoms with van der Waals surface area (Å²) in [5.74, 6) is 0. The van der Waals surface area contributed by atoms with Crippen molar-refractivity contribution in [2.24, 2.45) is 0 Å². The molecular weight excluding hydrogens is 156 g/mol. The molecule has 2 N–H and O–H groups in total. The Labute approximate surface area is 59.6 Å². The molecule has 0 aromatic carbocycles. The Hall–Kier alpha value is -0.170. The standard InChI is InChI=1S/C4H9N2O3S/c5-10(7,8)4-3-6-1-2-9-4/h4-6H,1-3H2. The second-order valence-electron chi connectivity index (χ2n) is 2.05. The first kappa shape index (κ1) is 7.93. The third kappa shape index (κ3) is 1.91. The summed E-state index contributed by atoms with van der Waals surface area (Å²) in [7, 11) is -3.76. The molecule has 0 amide bonds. The summed E-state index contributed by atoms with van der Waals surface area (Å²) in [5, 5.41) is 9.45. The molecule has 1 aliphatic rings. The Morgan fingerprint density at radius 1 is 1.60 bits per heavy atom. The third-order valence-electron chi connectivity index (χ3n) is 1.24. The molecular formula is C4H9N2O3S. The first-order chi connectivity index (χ1) is 4.61. The Kier molecular flexibility index (Phi) is 2.24. The Morgan fingerprint density at radius 2 is 2.30 bits per heavy atom. The smallest absolute Gasteiger partial charge is 0.253 e. The zero-order valence-electron chi connectivity index (χ0n) is 5.33. The molecule has 0 spiro atoms. The molecule has 1 rings (SSSR count). The van der Waals surface area contributed by atoms with Gasteiger partial charge >= 0.3 is 0 Å². The Bertz CT molecular complexity index is 195. The molecule has 0 aromatic heterocycles. The van der Waals surface area contributed by atoms with Gasteiger partial charge in [-0.25, -0.2) is 8.42 Å². The van der Waals surface area contributed by atoms with Gasteiger partial charge in [-0.05, 0) is 0 Å². The number of nitrogens with one attached hydrogen (secondary N) is 2. The van der Waals surface area contributed by atoms with Gasteiger partial charge < -0.3 is 10.1 Å². The molecule has 1 heterocycles. The van der Waals surface area contributed by atoms with E-state index in [1.807, 2.05) is 0 Å². The average Bonchev–Trinajstić information content (AvgIpc) is 1.88. The van der Waals surface area contributed by atoms with Crippen molar-refractivity contribution in [1.29, 1.82) is 0 Å². The molecule has 0 bridgehead atoms. The number of hydrogen-bond acceptors (Lipinski definition) is 4. The average molecular weight is 165 g/mol. The largest absolute Gasteiger partial charge is 0.358 e. The van der Waals surface area contributed by atoms with Crippen molar-refractivity contribution in [2.75, 3.05) is 19.7 Å². The van der Waals surface area contributed by atoms with E-state index in [0.29, 0.717) is 13.2 Å². The zero-order valence-corrected chi connectivity index (χ0v) is 6.15. The van der Waals surface area contributed by atoms with Crippen molar-refractivity contribution in [1.82, 2.24) is 10.5 Å². The maximum atomic E-state index is 10.5. The topological polar surface area (TPSA) is 79.2 Å². The highest BCUT2D eigenvalue weighted by Crippen LogP contribution is 2.01. The van der Waals surface area contributed by atoms with Gasteiger partial charge in [-0.1, -0.05) is 0 Å². The summed E-state index contributed by atoms with van der Waals surface area (Å²) in [6.45, 7) is 1.25. The Morgan fingerprint density at radius 3 is 2.60 bits per heavy atom. The predicted octanol–water partition coefficient (Wildman–Crippen LogP) is -1.46. The zero-order chi connectivity index (χ0) is 7.61. The van der Waals surface area contributed by atoms with Gasteiger partial charge in [0, 0.05) is 13.1 Å². The minimum absolute atomic E-state index is 0.228. The molecule has 6 heteroatoms. The monoisotopic (exact) mass is 165 g/mol. The highest BCUT2D eigenvalue weighted by molar-refractivity contribution is 7.89. The third-order valence-corrected chi connectivity index (χ3v) is 2.23. The molecule has 0 aromatic rings. The molecule has 1 unspecified atom stereocenters. The van der Waals surface area contributed by atoms with E-state index in [9.17, 15) is 8.42 Å². The summed E-state index contributed by atoms with van der Waals surface area (Å²) in [6.07, 6.45) is 0. The maximum absolute atomic E-state index is 10.5. The van der Waals surface area contributed by atoms with E-state index >= 15 is 0 Å². The van der Waals surface area contributed by atoms with Gasteiger partial charge in [-0.15, -0.1) is 5.14 Å². The first-order valence-corrected chi connectivity index (χ1v) is 4.46. The van der Waals surface area contributed by atoms with Gasteiger partial charge in [0.1, 0.15) is 0 Å². The SMILES string of the molecule is [NH]S(=O)(=O)C1CNCCO1. The number of ether oxygens (including phenoxy) is 1. The van der Waals surface area contributed by atoms with E-state index in [1.165, 1.54) is 0 Å². The molecule has 1 atom stereocenters. The van der Waals surface area contributed by atoms with Crippen molar-refractivity contribution in [3.8, 4) is 0 Å². The lowest BCUT2D eigenvalue weighted by molar-refractivity contribution is 0.0783. The molecule has 1 saturated heterocycles. The van der Waals surface area contributed by atoms with Crippen LogP contribution in [0, 0.1) is 0 Å². The number of morpholine rings is 1. The minimum Gasteiger partial charge on any atom is -0.358 e. The lowest BCUT2D eigenvalue weighted by Crippen LogP contribution is -2.43. The Balaban J connectivity index is 2.56. The van der Waals surface area contributed by atoms with Gasteiger partial charge in [0.05, 0.1) is 6.61 Å². The summed E-state index contributed by atoms with van der Waals surface area (Å²) < 4.78 is 25.8. The van der Waals surface area contributed by atoms with E-state index in [2.05, 4.69) is 5.32 Å². The van der Waals surface area contributed by atoms with Crippen LogP contribution in [0.2, 0.25) is 0 Å². The van der Waals surface area contributed by atoms with Crippen LogP contribution in [0.15, 0.2) is 0 Å². The van der Waals surface area contributed by atoms with Gasteiger partial charge in [0.25, 0.3) is 10.0 Å². The fraction of sp³-hybridized carbons (Fsp3) is 1.00. The van der Waals surface area contributed by atoms with Crippen LogP contribution in [-0.4, -0.2) is 33.6 Å². The van der Waals surface area contributed by atoms with Gasteiger partial charge in [0.2, 0.25) is 0 Å². The van der Waals surface area contributed by atoms with E-state index in [4.69, 9.17) is 9.88 Å².